The molecular weight excluding hydrogens is 300 g/mol. The van der Waals surface area contributed by atoms with Crippen LogP contribution in [0.1, 0.15) is 55.0 Å². The Labute approximate surface area is 143 Å². The molecule has 0 aliphatic heterocycles. The van der Waals surface area contributed by atoms with Gasteiger partial charge < -0.3 is 10.6 Å². The fourth-order valence-electron chi connectivity index (χ4n) is 2.59. The highest BCUT2D eigenvalue weighted by atomic mass is 16.1. The number of nitrogens with one attached hydrogen (secondary N) is 2. The number of amides is 1. The smallest absolute Gasteiger partial charge is 0.270 e. The van der Waals surface area contributed by atoms with Crippen LogP contribution in [0.4, 0.5) is 11.6 Å². The van der Waals surface area contributed by atoms with E-state index < -0.39 is 0 Å². The Morgan fingerprint density at radius 1 is 1.12 bits per heavy atom. The molecule has 0 spiro atoms. The summed E-state index contributed by atoms with van der Waals surface area (Å²) in [6.45, 7) is 9.97. The van der Waals surface area contributed by atoms with Gasteiger partial charge >= 0.3 is 0 Å². The number of aromatic nitrogens is 2. The zero-order valence-corrected chi connectivity index (χ0v) is 15.1. The van der Waals surface area contributed by atoms with Crippen LogP contribution < -0.4 is 10.6 Å². The zero-order valence-electron chi connectivity index (χ0n) is 15.1. The van der Waals surface area contributed by atoms with Gasteiger partial charge in [-0.15, -0.1) is 0 Å². The van der Waals surface area contributed by atoms with Crippen molar-refractivity contribution in [1.29, 1.82) is 0 Å². The number of hydrogen-bond acceptors (Lipinski definition) is 4. The standard InChI is InChI=1S/C19H26N4O/c1-6-14-9-8-10-15(7-2)17(14)23-19-21-13(5)11-16(22-19)18(24)20-12(3)4/h8-12H,6-7H2,1-5H3,(H,20,24)(H,21,22,23). The molecule has 2 rings (SSSR count). The summed E-state index contributed by atoms with van der Waals surface area (Å²) < 4.78 is 0. The molecule has 0 radical (unpaired) electrons. The Balaban J connectivity index is 2.37. The first kappa shape index (κ1) is 17.9. The molecule has 5 nitrogen and oxygen atoms in total. The predicted octanol–water partition coefficient (Wildman–Crippen LogP) is 3.79. The summed E-state index contributed by atoms with van der Waals surface area (Å²) in [6, 6.07) is 8.04. The minimum absolute atomic E-state index is 0.0664. The van der Waals surface area contributed by atoms with E-state index in [1.165, 1.54) is 11.1 Å². The highest BCUT2D eigenvalue weighted by molar-refractivity contribution is 5.92. The number of rotatable bonds is 6. The normalized spacial score (nSPS) is 10.8. The van der Waals surface area contributed by atoms with Gasteiger partial charge in [0.2, 0.25) is 5.95 Å². The maximum Gasteiger partial charge on any atom is 0.270 e. The molecule has 0 aliphatic carbocycles. The van der Waals surface area contributed by atoms with Crippen LogP contribution in [0.2, 0.25) is 0 Å². The van der Waals surface area contributed by atoms with Gasteiger partial charge in [0, 0.05) is 17.4 Å². The van der Waals surface area contributed by atoms with Crippen molar-refractivity contribution in [2.45, 2.75) is 53.5 Å². The van der Waals surface area contributed by atoms with Gasteiger partial charge in [0.25, 0.3) is 5.91 Å². The molecule has 2 aromatic rings. The average molecular weight is 326 g/mol. The Bertz CT molecular complexity index is 703. The highest BCUT2D eigenvalue weighted by Gasteiger charge is 2.13. The molecule has 1 amide bonds. The second-order valence-electron chi connectivity index (χ2n) is 6.13. The van der Waals surface area contributed by atoms with Gasteiger partial charge in [-0.3, -0.25) is 4.79 Å². The van der Waals surface area contributed by atoms with Gasteiger partial charge in [-0.05, 0) is 50.8 Å². The number of nitrogens with zero attached hydrogens (tertiary/aromatic N) is 2. The first-order valence-electron chi connectivity index (χ1n) is 8.48. The second kappa shape index (κ2) is 7.90. The fourth-order valence-corrected chi connectivity index (χ4v) is 2.59. The molecule has 0 unspecified atom stereocenters. The SMILES string of the molecule is CCc1cccc(CC)c1Nc1nc(C)cc(C(=O)NC(C)C)n1. The molecule has 0 saturated carbocycles. The molecule has 1 aromatic heterocycles. The number of para-hydroxylation sites is 1. The van der Waals surface area contributed by atoms with Crippen LogP contribution in [0.25, 0.3) is 0 Å². The van der Waals surface area contributed by atoms with E-state index in [0.29, 0.717) is 11.6 Å². The molecule has 0 bridgehead atoms. The van der Waals surface area contributed by atoms with E-state index in [1.54, 1.807) is 6.07 Å². The van der Waals surface area contributed by atoms with Crippen molar-refractivity contribution >= 4 is 17.5 Å². The van der Waals surface area contributed by atoms with Gasteiger partial charge in [-0.25, -0.2) is 9.97 Å². The summed E-state index contributed by atoms with van der Waals surface area (Å²) in [5.74, 6) is 0.276. The topological polar surface area (TPSA) is 66.9 Å². The van der Waals surface area contributed by atoms with Gasteiger partial charge in [0.1, 0.15) is 5.69 Å². The summed E-state index contributed by atoms with van der Waals surface area (Å²) in [4.78, 5) is 21.1. The van der Waals surface area contributed by atoms with Crippen LogP contribution in [0.15, 0.2) is 24.3 Å². The lowest BCUT2D eigenvalue weighted by Gasteiger charge is -2.15. The number of carbonyl (C=O) groups is 1. The van der Waals surface area contributed by atoms with Crippen molar-refractivity contribution in [2.24, 2.45) is 0 Å². The number of carbonyl (C=O) groups excluding carboxylic acids is 1. The lowest BCUT2D eigenvalue weighted by Crippen LogP contribution is -2.31. The monoisotopic (exact) mass is 326 g/mol. The molecule has 0 saturated heterocycles. The first-order valence-corrected chi connectivity index (χ1v) is 8.48. The van der Waals surface area contributed by atoms with E-state index in [9.17, 15) is 4.79 Å². The number of hydrogen-bond donors (Lipinski definition) is 2. The van der Waals surface area contributed by atoms with Crippen molar-refractivity contribution in [2.75, 3.05) is 5.32 Å². The van der Waals surface area contributed by atoms with Crippen LogP contribution in [0.5, 0.6) is 0 Å². The quantitative estimate of drug-likeness (QED) is 0.847. The Morgan fingerprint density at radius 3 is 2.29 bits per heavy atom. The first-order chi connectivity index (χ1) is 11.4. The van der Waals surface area contributed by atoms with Crippen molar-refractivity contribution in [1.82, 2.24) is 15.3 Å². The van der Waals surface area contributed by atoms with Crippen LogP contribution in [0.3, 0.4) is 0 Å². The van der Waals surface area contributed by atoms with E-state index in [2.05, 4.69) is 52.6 Å². The predicted molar refractivity (Wildman–Crippen MR) is 97.9 cm³/mol. The maximum absolute atomic E-state index is 12.2. The third-order valence-electron chi connectivity index (χ3n) is 3.74. The minimum atomic E-state index is -0.182. The molecule has 1 heterocycles. The number of anilines is 2. The molecule has 5 heteroatoms. The number of benzene rings is 1. The fraction of sp³-hybridized carbons (Fsp3) is 0.421. The molecule has 1 aromatic carbocycles. The van der Waals surface area contributed by atoms with Gasteiger partial charge in [0.15, 0.2) is 0 Å². The van der Waals surface area contributed by atoms with Crippen molar-refractivity contribution < 1.29 is 4.79 Å². The molecule has 24 heavy (non-hydrogen) atoms. The molecule has 0 fully saturated rings. The Morgan fingerprint density at radius 2 is 1.75 bits per heavy atom. The van der Waals surface area contributed by atoms with E-state index in [0.717, 1.165) is 24.2 Å². The van der Waals surface area contributed by atoms with Crippen molar-refractivity contribution in [3.05, 3.63) is 46.8 Å². The van der Waals surface area contributed by atoms with Crippen molar-refractivity contribution in [3.63, 3.8) is 0 Å². The molecule has 2 N–H and O–H groups in total. The zero-order chi connectivity index (χ0) is 17.7. The van der Waals surface area contributed by atoms with E-state index in [1.807, 2.05) is 20.8 Å². The highest BCUT2D eigenvalue weighted by Crippen LogP contribution is 2.25. The lowest BCUT2D eigenvalue weighted by molar-refractivity contribution is 0.0938. The summed E-state index contributed by atoms with van der Waals surface area (Å²) in [5, 5.41) is 6.20. The van der Waals surface area contributed by atoms with E-state index >= 15 is 0 Å². The summed E-state index contributed by atoms with van der Waals surface area (Å²) in [7, 11) is 0. The van der Waals surface area contributed by atoms with Crippen LogP contribution in [-0.4, -0.2) is 21.9 Å². The van der Waals surface area contributed by atoms with Gasteiger partial charge in [0.05, 0.1) is 0 Å². The Kier molecular flexibility index (Phi) is 5.90. The third-order valence-corrected chi connectivity index (χ3v) is 3.74. The third kappa shape index (κ3) is 4.31. The van der Waals surface area contributed by atoms with Crippen LogP contribution in [-0.2, 0) is 12.8 Å². The molecule has 0 atom stereocenters. The largest absolute Gasteiger partial charge is 0.349 e. The maximum atomic E-state index is 12.2. The van der Waals surface area contributed by atoms with Crippen LogP contribution in [0, 0.1) is 6.92 Å². The second-order valence-corrected chi connectivity index (χ2v) is 6.13. The molecular formula is C19H26N4O. The van der Waals surface area contributed by atoms with Crippen LogP contribution >= 0.6 is 0 Å². The molecule has 128 valence electrons. The van der Waals surface area contributed by atoms with Gasteiger partial charge in [-0.2, -0.15) is 0 Å². The van der Waals surface area contributed by atoms with Crippen molar-refractivity contribution in [3.8, 4) is 0 Å². The summed E-state index contributed by atoms with van der Waals surface area (Å²) >= 11 is 0. The lowest BCUT2D eigenvalue weighted by atomic mass is 10.0. The van der Waals surface area contributed by atoms with E-state index in [4.69, 9.17) is 0 Å². The molecule has 0 aliphatic rings. The minimum Gasteiger partial charge on any atom is -0.349 e. The van der Waals surface area contributed by atoms with E-state index in [-0.39, 0.29) is 11.9 Å². The summed E-state index contributed by atoms with van der Waals surface area (Å²) in [6.07, 6.45) is 1.84. The number of aryl methyl sites for hydroxylation is 3. The van der Waals surface area contributed by atoms with Gasteiger partial charge in [-0.1, -0.05) is 32.0 Å². The average Bonchev–Trinajstić information content (AvgIpc) is 2.53. The summed E-state index contributed by atoms with van der Waals surface area (Å²) in [5.41, 5.74) is 4.61. The Hall–Kier alpha value is -2.43.